The van der Waals surface area contributed by atoms with E-state index in [1.165, 1.54) is 6.42 Å². The second-order valence-corrected chi connectivity index (χ2v) is 5.30. The van der Waals surface area contributed by atoms with E-state index in [0.717, 1.165) is 56.4 Å². The second-order valence-electron chi connectivity index (χ2n) is 5.30. The molecule has 1 aromatic rings. The molecule has 2 heterocycles. The molecule has 0 aliphatic carbocycles. The summed E-state index contributed by atoms with van der Waals surface area (Å²) in [5.41, 5.74) is 1.12. The Morgan fingerprint density at radius 2 is 2.30 bits per heavy atom. The minimum atomic E-state index is 0.344. The first-order chi connectivity index (χ1) is 9.74. The molecule has 1 aliphatic heterocycles. The molecule has 0 saturated carbocycles. The molecule has 0 amide bonds. The molecular formula is C15H26N4O. The summed E-state index contributed by atoms with van der Waals surface area (Å²) in [6.07, 6.45) is 5.64. The van der Waals surface area contributed by atoms with Crippen molar-refractivity contribution in [1.29, 1.82) is 0 Å². The van der Waals surface area contributed by atoms with Gasteiger partial charge in [-0.15, -0.1) is 0 Å². The Labute approximate surface area is 121 Å². The van der Waals surface area contributed by atoms with Crippen molar-refractivity contribution < 1.29 is 4.74 Å². The SMILES string of the molecule is CCCNc1ncc(C)c(N(CC)CC2CCCO2)n1. The van der Waals surface area contributed by atoms with Gasteiger partial charge in [-0.1, -0.05) is 6.92 Å². The number of aryl methyl sites for hydroxylation is 1. The Balaban J connectivity index is 2.10. The second kappa shape index (κ2) is 7.43. The third-order valence-electron chi connectivity index (χ3n) is 3.61. The summed E-state index contributed by atoms with van der Waals surface area (Å²) in [6, 6.07) is 0. The van der Waals surface area contributed by atoms with E-state index in [0.29, 0.717) is 6.10 Å². The molecule has 0 bridgehead atoms. The molecule has 1 unspecified atom stereocenters. The molecule has 2 rings (SSSR count). The average Bonchev–Trinajstić information content (AvgIpc) is 2.97. The largest absolute Gasteiger partial charge is 0.376 e. The molecular weight excluding hydrogens is 252 g/mol. The molecule has 5 nitrogen and oxygen atoms in total. The zero-order chi connectivity index (χ0) is 14.4. The summed E-state index contributed by atoms with van der Waals surface area (Å²) in [5, 5.41) is 3.25. The van der Waals surface area contributed by atoms with E-state index in [1.807, 2.05) is 6.20 Å². The molecule has 1 N–H and O–H groups in total. The smallest absolute Gasteiger partial charge is 0.224 e. The van der Waals surface area contributed by atoms with E-state index >= 15 is 0 Å². The third-order valence-corrected chi connectivity index (χ3v) is 3.61. The number of rotatable bonds is 7. The van der Waals surface area contributed by atoms with Crippen molar-refractivity contribution in [2.45, 2.75) is 46.1 Å². The summed E-state index contributed by atoms with van der Waals surface area (Å²) in [5.74, 6) is 1.75. The molecule has 1 fully saturated rings. The van der Waals surface area contributed by atoms with Crippen LogP contribution < -0.4 is 10.2 Å². The van der Waals surface area contributed by atoms with Gasteiger partial charge in [-0.2, -0.15) is 4.98 Å². The van der Waals surface area contributed by atoms with Crippen LogP contribution in [0.25, 0.3) is 0 Å². The highest BCUT2D eigenvalue weighted by Gasteiger charge is 2.20. The van der Waals surface area contributed by atoms with Crippen LogP contribution in [0.4, 0.5) is 11.8 Å². The van der Waals surface area contributed by atoms with Crippen molar-refractivity contribution in [3.05, 3.63) is 11.8 Å². The molecule has 1 atom stereocenters. The maximum absolute atomic E-state index is 5.74. The van der Waals surface area contributed by atoms with Crippen molar-refractivity contribution in [1.82, 2.24) is 9.97 Å². The van der Waals surface area contributed by atoms with Crippen molar-refractivity contribution in [2.75, 3.05) is 36.5 Å². The normalized spacial score (nSPS) is 18.2. The van der Waals surface area contributed by atoms with E-state index in [4.69, 9.17) is 4.74 Å². The van der Waals surface area contributed by atoms with Crippen LogP contribution in [-0.4, -0.2) is 42.3 Å². The van der Waals surface area contributed by atoms with Gasteiger partial charge in [-0.3, -0.25) is 0 Å². The summed E-state index contributed by atoms with van der Waals surface area (Å²) < 4.78 is 5.74. The standard InChI is InChI=1S/C15H26N4O/c1-4-8-16-15-17-10-12(3)14(18-15)19(5-2)11-13-7-6-9-20-13/h10,13H,4-9,11H2,1-3H3,(H,16,17,18). The topological polar surface area (TPSA) is 50.3 Å². The first-order valence-corrected chi connectivity index (χ1v) is 7.68. The predicted molar refractivity (Wildman–Crippen MR) is 82.4 cm³/mol. The van der Waals surface area contributed by atoms with Gasteiger partial charge >= 0.3 is 0 Å². The number of aromatic nitrogens is 2. The minimum absolute atomic E-state index is 0.344. The highest BCUT2D eigenvalue weighted by atomic mass is 16.5. The minimum Gasteiger partial charge on any atom is -0.376 e. The highest BCUT2D eigenvalue weighted by molar-refractivity contribution is 5.49. The van der Waals surface area contributed by atoms with E-state index in [-0.39, 0.29) is 0 Å². The van der Waals surface area contributed by atoms with Gasteiger partial charge in [0.2, 0.25) is 5.95 Å². The molecule has 112 valence electrons. The van der Waals surface area contributed by atoms with Gasteiger partial charge in [0.1, 0.15) is 5.82 Å². The molecule has 1 aliphatic rings. The van der Waals surface area contributed by atoms with Gasteiger partial charge in [0.25, 0.3) is 0 Å². The maximum atomic E-state index is 5.74. The van der Waals surface area contributed by atoms with E-state index in [1.54, 1.807) is 0 Å². The van der Waals surface area contributed by atoms with Crippen LogP contribution in [0.5, 0.6) is 0 Å². The van der Waals surface area contributed by atoms with Crippen LogP contribution in [0.3, 0.4) is 0 Å². The van der Waals surface area contributed by atoms with Gasteiger partial charge in [0.15, 0.2) is 0 Å². The molecule has 20 heavy (non-hydrogen) atoms. The first-order valence-electron chi connectivity index (χ1n) is 7.68. The fourth-order valence-electron chi connectivity index (χ4n) is 2.47. The summed E-state index contributed by atoms with van der Waals surface area (Å²) in [7, 11) is 0. The number of ether oxygens (including phenoxy) is 1. The number of hydrogen-bond acceptors (Lipinski definition) is 5. The van der Waals surface area contributed by atoms with Crippen molar-refractivity contribution >= 4 is 11.8 Å². The summed E-state index contributed by atoms with van der Waals surface area (Å²) in [6.45, 7) is 10.0. The molecule has 0 spiro atoms. The fraction of sp³-hybridized carbons (Fsp3) is 0.733. The summed E-state index contributed by atoms with van der Waals surface area (Å²) >= 11 is 0. The van der Waals surface area contributed by atoms with Gasteiger partial charge in [-0.25, -0.2) is 4.98 Å². The van der Waals surface area contributed by atoms with Gasteiger partial charge in [0, 0.05) is 38.0 Å². The first kappa shape index (κ1) is 15.0. The average molecular weight is 278 g/mol. The lowest BCUT2D eigenvalue weighted by molar-refractivity contribution is 0.115. The van der Waals surface area contributed by atoms with Crippen LogP contribution >= 0.6 is 0 Å². The molecule has 1 saturated heterocycles. The Kier molecular flexibility index (Phi) is 5.59. The van der Waals surface area contributed by atoms with Crippen molar-refractivity contribution in [3.8, 4) is 0 Å². The highest BCUT2D eigenvalue weighted by Crippen LogP contribution is 2.21. The van der Waals surface area contributed by atoms with E-state index in [9.17, 15) is 0 Å². The Bertz CT molecular complexity index is 418. The lowest BCUT2D eigenvalue weighted by Gasteiger charge is -2.26. The Hall–Kier alpha value is -1.36. The number of anilines is 2. The van der Waals surface area contributed by atoms with Crippen LogP contribution in [0, 0.1) is 6.92 Å². The predicted octanol–water partition coefficient (Wildman–Crippen LogP) is 2.61. The lowest BCUT2D eigenvalue weighted by Crippen LogP contribution is -2.33. The number of nitrogens with one attached hydrogen (secondary N) is 1. The third kappa shape index (κ3) is 3.82. The number of hydrogen-bond donors (Lipinski definition) is 1. The van der Waals surface area contributed by atoms with Crippen molar-refractivity contribution in [3.63, 3.8) is 0 Å². The monoisotopic (exact) mass is 278 g/mol. The van der Waals surface area contributed by atoms with Crippen LogP contribution in [0.15, 0.2) is 6.20 Å². The van der Waals surface area contributed by atoms with Gasteiger partial charge in [-0.05, 0) is 33.1 Å². The quantitative estimate of drug-likeness (QED) is 0.831. The van der Waals surface area contributed by atoms with Crippen LogP contribution in [-0.2, 0) is 4.74 Å². The maximum Gasteiger partial charge on any atom is 0.224 e. The summed E-state index contributed by atoms with van der Waals surface area (Å²) in [4.78, 5) is 11.3. The fourth-order valence-corrected chi connectivity index (χ4v) is 2.47. The molecule has 1 aromatic heterocycles. The number of nitrogens with zero attached hydrogens (tertiary/aromatic N) is 3. The van der Waals surface area contributed by atoms with E-state index < -0.39 is 0 Å². The molecule has 5 heteroatoms. The van der Waals surface area contributed by atoms with Gasteiger partial charge < -0.3 is 15.0 Å². The molecule has 0 aromatic carbocycles. The van der Waals surface area contributed by atoms with E-state index in [2.05, 4.69) is 41.0 Å². The van der Waals surface area contributed by atoms with Crippen LogP contribution in [0.1, 0.15) is 38.7 Å². The zero-order valence-corrected chi connectivity index (χ0v) is 12.9. The van der Waals surface area contributed by atoms with Crippen LogP contribution in [0.2, 0.25) is 0 Å². The Morgan fingerprint density at radius 1 is 1.45 bits per heavy atom. The Morgan fingerprint density at radius 3 is 2.95 bits per heavy atom. The molecule has 0 radical (unpaired) electrons. The lowest BCUT2D eigenvalue weighted by atomic mass is 10.2. The number of likely N-dealkylation sites (N-methyl/N-ethyl adjacent to an activating group) is 1. The zero-order valence-electron chi connectivity index (χ0n) is 12.9. The van der Waals surface area contributed by atoms with Crippen molar-refractivity contribution in [2.24, 2.45) is 0 Å². The van der Waals surface area contributed by atoms with Gasteiger partial charge in [0.05, 0.1) is 6.10 Å².